The highest BCUT2D eigenvalue weighted by molar-refractivity contribution is 5.43. The van der Waals surface area contributed by atoms with Crippen LogP contribution in [0, 0.1) is 0 Å². The molecule has 0 aliphatic rings. The second-order valence-corrected chi connectivity index (χ2v) is 5.50. The Labute approximate surface area is 128 Å². The predicted molar refractivity (Wildman–Crippen MR) is 86.1 cm³/mol. The summed E-state index contributed by atoms with van der Waals surface area (Å²) in [5, 5.41) is 10.2. The summed E-state index contributed by atoms with van der Waals surface area (Å²) >= 11 is 0. The molecule has 4 nitrogen and oxygen atoms in total. The van der Waals surface area contributed by atoms with Crippen LogP contribution < -0.4 is 15.2 Å². The van der Waals surface area contributed by atoms with E-state index in [4.69, 9.17) is 15.2 Å². The summed E-state index contributed by atoms with van der Waals surface area (Å²) < 4.78 is 10.9. The number of aliphatic hydroxyl groups is 1. The van der Waals surface area contributed by atoms with Crippen LogP contribution in [-0.2, 0) is 0 Å². The zero-order chi connectivity index (χ0) is 15.8. The Kier molecular flexibility index (Phi) is 7.54. The van der Waals surface area contributed by atoms with Gasteiger partial charge in [-0.05, 0) is 43.4 Å². The standard InChI is InChI=1S/C17H29NO3/c1-5-7-14(18)15(19)10-12(3)13-8-9-16(21-6-2)17(11-13)20-4/h8-9,11-12,14-15,19H,5-7,10,18H2,1-4H3. The van der Waals surface area contributed by atoms with E-state index in [1.807, 2.05) is 25.1 Å². The fraction of sp³-hybridized carbons (Fsp3) is 0.647. The molecule has 0 aliphatic carbocycles. The van der Waals surface area contributed by atoms with E-state index >= 15 is 0 Å². The quantitative estimate of drug-likeness (QED) is 0.735. The fourth-order valence-electron chi connectivity index (χ4n) is 2.46. The van der Waals surface area contributed by atoms with Crippen molar-refractivity contribution in [2.24, 2.45) is 5.73 Å². The van der Waals surface area contributed by atoms with E-state index in [0.717, 1.165) is 29.9 Å². The van der Waals surface area contributed by atoms with Crippen LogP contribution in [0.25, 0.3) is 0 Å². The van der Waals surface area contributed by atoms with Crippen molar-refractivity contribution in [3.8, 4) is 11.5 Å². The Morgan fingerprint density at radius 1 is 1.24 bits per heavy atom. The molecule has 0 radical (unpaired) electrons. The van der Waals surface area contributed by atoms with Gasteiger partial charge in [-0.1, -0.05) is 26.3 Å². The number of rotatable bonds is 9. The average molecular weight is 295 g/mol. The monoisotopic (exact) mass is 295 g/mol. The van der Waals surface area contributed by atoms with Gasteiger partial charge in [-0.2, -0.15) is 0 Å². The molecule has 120 valence electrons. The van der Waals surface area contributed by atoms with Gasteiger partial charge in [-0.3, -0.25) is 0 Å². The van der Waals surface area contributed by atoms with Crippen molar-refractivity contribution in [1.82, 2.24) is 0 Å². The minimum Gasteiger partial charge on any atom is -0.493 e. The molecule has 0 saturated heterocycles. The van der Waals surface area contributed by atoms with Crippen molar-refractivity contribution < 1.29 is 14.6 Å². The van der Waals surface area contributed by atoms with E-state index in [1.165, 1.54) is 0 Å². The molecule has 4 heteroatoms. The molecule has 3 atom stereocenters. The van der Waals surface area contributed by atoms with Crippen molar-refractivity contribution in [1.29, 1.82) is 0 Å². The van der Waals surface area contributed by atoms with E-state index in [0.29, 0.717) is 13.0 Å². The van der Waals surface area contributed by atoms with E-state index in [9.17, 15) is 5.11 Å². The first-order chi connectivity index (χ1) is 10.0. The molecule has 21 heavy (non-hydrogen) atoms. The summed E-state index contributed by atoms with van der Waals surface area (Å²) in [4.78, 5) is 0. The Hall–Kier alpha value is -1.26. The number of hydrogen-bond acceptors (Lipinski definition) is 4. The summed E-state index contributed by atoms with van der Waals surface area (Å²) in [6.45, 7) is 6.72. The third kappa shape index (κ3) is 5.21. The maximum Gasteiger partial charge on any atom is 0.161 e. The van der Waals surface area contributed by atoms with Gasteiger partial charge >= 0.3 is 0 Å². The molecule has 3 unspecified atom stereocenters. The summed E-state index contributed by atoms with van der Waals surface area (Å²) in [6.07, 6.45) is 2.01. The van der Waals surface area contributed by atoms with Crippen molar-refractivity contribution in [2.75, 3.05) is 13.7 Å². The third-order valence-electron chi connectivity index (χ3n) is 3.77. The van der Waals surface area contributed by atoms with Gasteiger partial charge in [0.2, 0.25) is 0 Å². The van der Waals surface area contributed by atoms with Crippen molar-refractivity contribution in [3.63, 3.8) is 0 Å². The Balaban J connectivity index is 2.75. The van der Waals surface area contributed by atoms with Gasteiger partial charge in [0.15, 0.2) is 11.5 Å². The second-order valence-electron chi connectivity index (χ2n) is 5.50. The molecular weight excluding hydrogens is 266 g/mol. The van der Waals surface area contributed by atoms with Crippen LogP contribution in [0.3, 0.4) is 0 Å². The summed E-state index contributed by atoms with van der Waals surface area (Å²) in [5.41, 5.74) is 7.10. The van der Waals surface area contributed by atoms with E-state index < -0.39 is 6.10 Å². The first-order valence-electron chi connectivity index (χ1n) is 7.77. The van der Waals surface area contributed by atoms with Crippen molar-refractivity contribution in [2.45, 2.75) is 58.1 Å². The molecule has 0 bridgehead atoms. The van der Waals surface area contributed by atoms with Crippen LogP contribution >= 0.6 is 0 Å². The summed E-state index contributed by atoms with van der Waals surface area (Å²) in [7, 11) is 1.64. The maximum atomic E-state index is 10.2. The van der Waals surface area contributed by atoms with Crippen LogP contribution in [0.5, 0.6) is 11.5 Å². The van der Waals surface area contributed by atoms with Crippen LogP contribution in [0.2, 0.25) is 0 Å². The number of benzene rings is 1. The lowest BCUT2D eigenvalue weighted by atomic mass is 9.91. The number of nitrogens with two attached hydrogens (primary N) is 1. The predicted octanol–water partition coefficient (Wildman–Crippen LogP) is 3.08. The molecule has 3 N–H and O–H groups in total. The molecule has 0 fully saturated rings. The van der Waals surface area contributed by atoms with Gasteiger partial charge < -0.3 is 20.3 Å². The van der Waals surface area contributed by atoms with Crippen LogP contribution in [0.1, 0.15) is 51.5 Å². The SMILES string of the molecule is CCCC(N)C(O)CC(C)c1ccc(OCC)c(OC)c1. The highest BCUT2D eigenvalue weighted by atomic mass is 16.5. The van der Waals surface area contributed by atoms with Gasteiger partial charge in [-0.15, -0.1) is 0 Å². The van der Waals surface area contributed by atoms with Crippen LogP contribution in [0.4, 0.5) is 0 Å². The lowest BCUT2D eigenvalue weighted by Gasteiger charge is -2.22. The zero-order valence-corrected chi connectivity index (χ0v) is 13.6. The second kappa shape index (κ2) is 8.90. The molecule has 0 aliphatic heterocycles. The van der Waals surface area contributed by atoms with E-state index in [2.05, 4.69) is 13.8 Å². The van der Waals surface area contributed by atoms with E-state index in [-0.39, 0.29) is 12.0 Å². The topological polar surface area (TPSA) is 64.7 Å². The van der Waals surface area contributed by atoms with Crippen molar-refractivity contribution in [3.05, 3.63) is 23.8 Å². The van der Waals surface area contributed by atoms with Gasteiger partial charge in [0.05, 0.1) is 19.8 Å². The molecular formula is C17H29NO3. The highest BCUT2D eigenvalue weighted by Gasteiger charge is 2.19. The third-order valence-corrected chi connectivity index (χ3v) is 3.77. The molecule has 0 heterocycles. The summed E-state index contributed by atoms with van der Waals surface area (Å²) in [6, 6.07) is 5.78. The molecule has 0 spiro atoms. The van der Waals surface area contributed by atoms with Gasteiger partial charge in [0, 0.05) is 6.04 Å². The maximum absolute atomic E-state index is 10.2. The molecule has 1 aromatic rings. The van der Waals surface area contributed by atoms with Crippen LogP contribution in [0.15, 0.2) is 18.2 Å². The smallest absolute Gasteiger partial charge is 0.161 e. The minimum atomic E-state index is -0.475. The fourth-order valence-corrected chi connectivity index (χ4v) is 2.46. The largest absolute Gasteiger partial charge is 0.493 e. The van der Waals surface area contributed by atoms with E-state index in [1.54, 1.807) is 7.11 Å². The van der Waals surface area contributed by atoms with Gasteiger partial charge in [0.25, 0.3) is 0 Å². The van der Waals surface area contributed by atoms with Gasteiger partial charge in [0.1, 0.15) is 0 Å². The number of ether oxygens (including phenoxy) is 2. The minimum absolute atomic E-state index is 0.151. The number of aliphatic hydroxyl groups excluding tert-OH is 1. The van der Waals surface area contributed by atoms with Crippen LogP contribution in [-0.4, -0.2) is 31.0 Å². The number of hydrogen-bond donors (Lipinski definition) is 2. The average Bonchev–Trinajstić information content (AvgIpc) is 2.48. The Morgan fingerprint density at radius 3 is 2.52 bits per heavy atom. The molecule has 0 saturated carbocycles. The highest BCUT2D eigenvalue weighted by Crippen LogP contribution is 2.32. The first kappa shape index (κ1) is 17.8. The normalized spacial score (nSPS) is 15.3. The molecule has 0 aromatic heterocycles. The molecule has 0 amide bonds. The van der Waals surface area contributed by atoms with Gasteiger partial charge in [-0.25, -0.2) is 0 Å². The zero-order valence-electron chi connectivity index (χ0n) is 13.6. The first-order valence-corrected chi connectivity index (χ1v) is 7.77. The Bertz CT molecular complexity index is 422. The lowest BCUT2D eigenvalue weighted by Crippen LogP contribution is -2.35. The Morgan fingerprint density at radius 2 is 1.95 bits per heavy atom. The summed E-state index contributed by atoms with van der Waals surface area (Å²) in [5.74, 6) is 1.69. The van der Waals surface area contributed by atoms with Crippen molar-refractivity contribution >= 4 is 0 Å². The lowest BCUT2D eigenvalue weighted by molar-refractivity contribution is 0.124. The molecule has 1 aromatic carbocycles. The number of methoxy groups -OCH3 is 1. The molecule has 1 rings (SSSR count).